The van der Waals surface area contributed by atoms with E-state index in [0.29, 0.717) is 6.42 Å². The second kappa shape index (κ2) is 9.11. The minimum absolute atomic E-state index is 0.134. The summed E-state index contributed by atoms with van der Waals surface area (Å²) in [6, 6.07) is 12.8. The SMILES string of the molecule is CCN(CC)C(=O)C[C@@H]1CC2(CCN(Cc3ccc(C)s3)CC2)Oc2ccccc21. The molecule has 4 rings (SSSR count). The number of carbonyl (C=O) groups excluding carboxylic acids is 1. The Morgan fingerprint density at radius 2 is 1.90 bits per heavy atom. The van der Waals surface area contributed by atoms with Gasteiger partial charge in [0.05, 0.1) is 0 Å². The van der Waals surface area contributed by atoms with Gasteiger partial charge in [0.2, 0.25) is 5.91 Å². The number of rotatable bonds is 6. The zero-order valence-electron chi connectivity index (χ0n) is 18.5. The van der Waals surface area contributed by atoms with Gasteiger partial charge < -0.3 is 9.64 Å². The minimum Gasteiger partial charge on any atom is -0.487 e. The Bertz CT molecular complexity index is 866. The van der Waals surface area contributed by atoms with E-state index in [-0.39, 0.29) is 17.4 Å². The van der Waals surface area contributed by atoms with Gasteiger partial charge >= 0.3 is 0 Å². The van der Waals surface area contributed by atoms with Crippen LogP contribution in [0.4, 0.5) is 0 Å². The number of ether oxygens (including phenoxy) is 1. The van der Waals surface area contributed by atoms with E-state index in [9.17, 15) is 4.79 Å². The Morgan fingerprint density at radius 3 is 2.57 bits per heavy atom. The summed E-state index contributed by atoms with van der Waals surface area (Å²) in [6.45, 7) is 11.0. The number of likely N-dealkylation sites (tertiary alicyclic amines) is 1. The normalized spacial score (nSPS) is 20.6. The number of thiophene rings is 1. The average Bonchev–Trinajstić information content (AvgIpc) is 3.15. The van der Waals surface area contributed by atoms with Crippen LogP contribution in [0.15, 0.2) is 36.4 Å². The van der Waals surface area contributed by atoms with Crippen molar-refractivity contribution in [3.8, 4) is 5.75 Å². The Balaban J connectivity index is 1.46. The Kier molecular flexibility index (Phi) is 6.49. The molecule has 2 aliphatic rings. The highest BCUT2D eigenvalue weighted by Gasteiger charge is 2.43. The summed E-state index contributed by atoms with van der Waals surface area (Å²) in [5.74, 6) is 1.50. The summed E-state index contributed by atoms with van der Waals surface area (Å²) in [6.07, 6.45) is 3.59. The van der Waals surface area contributed by atoms with Gasteiger partial charge in [0, 0.05) is 54.8 Å². The lowest BCUT2D eigenvalue weighted by Gasteiger charge is -2.47. The highest BCUT2D eigenvalue weighted by atomic mass is 32.1. The van der Waals surface area contributed by atoms with Crippen LogP contribution in [0.25, 0.3) is 0 Å². The molecule has 1 spiro atoms. The first-order valence-corrected chi connectivity index (χ1v) is 12.2. The van der Waals surface area contributed by atoms with Crippen molar-refractivity contribution in [3.63, 3.8) is 0 Å². The number of hydrogen-bond acceptors (Lipinski definition) is 4. The van der Waals surface area contributed by atoms with Gasteiger partial charge in [-0.2, -0.15) is 0 Å². The molecule has 1 aromatic carbocycles. The number of nitrogens with zero attached hydrogens (tertiary/aromatic N) is 2. The summed E-state index contributed by atoms with van der Waals surface area (Å²) in [7, 11) is 0. The molecule has 0 bridgehead atoms. The van der Waals surface area contributed by atoms with Crippen LogP contribution in [-0.4, -0.2) is 47.5 Å². The van der Waals surface area contributed by atoms with Crippen molar-refractivity contribution in [1.82, 2.24) is 9.80 Å². The van der Waals surface area contributed by atoms with E-state index < -0.39 is 0 Å². The topological polar surface area (TPSA) is 32.8 Å². The molecule has 1 fully saturated rings. The van der Waals surface area contributed by atoms with Crippen LogP contribution in [0.2, 0.25) is 0 Å². The number of carbonyl (C=O) groups is 1. The summed E-state index contributed by atoms with van der Waals surface area (Å²) < 4.78 is 6.64. The van der Waals surface area contributed by atoms with Gasteiger partial charge in [0.25, 0.3) is 0 Å². The van der Waals surface area contributed by atoms with E-state index >= 15 is 0 Å². The number of para-hydroxylation sites is 1. The maximum absolute atomic E-state index is 12.9. The fourth-order valence-corrected chi connectivity index (χ4v) is 5.99. The maximum Gasteiger partial charge on any atom is 0.223 e. The third kappa shape index (κ3) is 4.57. The predicted octanol–water partition coefficient (Wildman–Crippen LogP) is 5.22. The molecule has 0 N–H and O–H groups in total. The standard InChI is InChI=1S/C25H34N2O2S/c1-4-27(5-2)24(28)16-20-17-25(29-23-9-7-6-8-22(20)23)12-14-26(15-13-25)18-21-11-10-19(3)30-21/h6-11,20H,4-5,12-18H2,1-3H3/t20-/m1/s1. The van der Waals surface area contributed by atoms with Crippen LogP contribution < -0.4 is 4.74 Å². The Hall–Kier alpha value is -1.85. The minimum atomic E-state index is -0.134. The monoisotopic (exact) mass is 426 g/mol. The van der Waals surface area contributed by atoms with Gasteiger partial charge in [-0.3, -0.25) is 9.69 Å². The first-order valence-electron chi connectivity index (χ1n) is 11.4. The van der Waals surface area contributed by atoms with Crippen molar-refractivity contribution in [3.05, 3.63) is 51.7 Å². The molecule has 1 aromatic heterocycles. The number of aryl methyl sites for hydroxylation is 1. The molecule has 162 valence electrons. The molecule has 30 heavy (non-hydrogen) atoms. The van der Waals surface area contributed by atoms with Gasteiger partial charge in [-0.25, -0.2) is 0 Å². The van der Waals surface area contributed by atoms with Crippen molar-refractivity contribution in [2.45, 2.75) is 64.5 Å². The molecule has 0 saturated carbocycles. The summed E-state index contributed by atoms with van der Waals surface area (Å²) in [4.78, 5) is 20.2. The van der Waals surface area contributed by atoms with Crippen LogP contribution in [-0.2, 0) is 11.3 Å². The summed E-state index contributed by atoms with van der Waals surface area (Å²) in [5.41, 5.74) is 1.07. The van der Waals surface area contributed by atoms with Crippen molar-refractivity contribution in [2.24, 2.45) is 0 Å². The lowest BCUT2D eigenvalue weighted by atomic mass is 9.76. The molecule has 2 aromatic rings. The summed E-state index contributed by atoms with van der Waals surface area (Å²) in [5, 5.41) is 0. The lowest BCUT2D eigenvalue weighted by molar-refractivity contribution is -0.131. The van der Waals surface area contributed by atoms with Gasteiger partial charge in [0.1, 0.15) is 11.4 Å². The highest BCUT2D eigenvalue weighted by molar-refractivity contribution is 7.11. The van der Waals surface area contributed by atoms with E-state index in [2.05, 4.69) is 62.1 Å². The quantitative estimate of drug-likeness (QED) is 0.635. The van der Waals surface area contributed by atoms with Gasteiger partial charge in [-0.1, -0.05) is 18.2 Å². The van der Waals surface area contributed by atoms with Crippen molar-refractivity contribution < 1.29 is 9.53 Å². The molecule has 3 heterocycles. The molecule has 1 atom stereocenters. The second-order valence-electron chi connectivity index (χ2n) is 8.78. The van der Waals surface area contributed by atoms with Crippen LogP contribution in [0.3, 0.4) is 0 Å². The number of fused-ring (bicyclic) bond motifs is 1. The van der Waals surface area contributed by atoms with E-state index in [1.165, 1.54) is 15.3 Å². The van der Waals surface area contributed by atoms with Crippen molar-refractivity contribution >= 4 is 17.2 Å². The van der Waals surface area contributed by atoms with Crippen LogP contribution >= 0.6 is 11.3 Å². The number of hydrogen-bond donors (Lipinski definition) is 0. The fraction of sp³-hybridized carbons (Fsp3) is 0.560. The summed E-state index contributed by atoms with van der Waals surface area (Å²) >= 11 is 1.90. The van der Waals surface area contributed by atoms with Crippen LogP contribution in [0.1, 0.15) is 60.8 Å². The van der Waals surface area contributed by atoms with E-state index in [1.807, 2.05) is 16.2 Å². The maximum atomic E-state index is 12.9. The first-order chi connectivity index (χ1) is 14.5. The molecule has 4 nitrogen and oxygen atoms in total. The van der Waals surface area contributed by atoms with E-state index in [0.717, 1.165) is 57.7 Å². The van der Waals surface area contributed by atoms with E-state index in [4.69, 9.17) is 4.74 Å². The molecule has 0 aliphatic carbocycles. The molecule has 0 radical (unpaired) electrons. The van der Waals surface area contributed by atoms with Crippen molar-refractivity contribution in [1.29, 1.82) is 0 Å². The Morgan fingerprint density at radius 1 is 1.17 bits per heavy atom. The number of amides is 1. The smallest absolute Gasteiger partial charge is 0.223 e. The molecule has 1 saturated heterocycles. The number of benzene rings is 1. The molecular formula is C25H34N2O2S. The van der Waals surface area contributed by atoms with Gasteiger partial charge in [0.15, 0.2) is 0 Å². The molecule has 5 heteroatoms. The van der Waals surface area contributed by atoms with Crippen molar-refractivity contribution in [2.75, 3.05) is 26.2 Å². The third-order valence-corrected chi connectivity index (χ3v) is 7.77. The zero-order valence-corrected chi connectivity index (χ0v) is 19.3. The van der Waals surface area contributed by atoms with Crippen LogP contribution in [0, 0.1) is 6.92 Å². The molecular weight excluding hydrogens is 392 g/mol. The predicted molar refractivity (Wildman–Crippen MR) is 123 cm³/mol. The largest absolute Gasteiger partial charge is 0.487 e. The average molecular weight is 427 g/mol. The second-order valence-corrected chi connectivity index (χ2v) is 10.2. The number of piperidine rings is 1. The van der Waals surface area contributed by atoms with Gasteiger partial charge in [-0.05, 0) is 63.8 Å². The zero-order chi connectivity index (χ0) is 21.1. The Labute approximate surface area is 184 Å². The van der Waals surface area contributed by atoms with Crippen LogP contribution in [0.5, 0.6) is 5.75 Å². The molecule has 2 aliphatic heterocycles. The highest BCUT2D eigenvalue weighted by Crippen LogP contribution is 2.46. The fourth-order valence-electron chi connectivity index (χ4n) is 5.06. The third-order valence-electron chi connectivity index (χ3n) is 6.78. The van der Waals surface area contributed by atoms with E-state index in [1.54, 1.807) is 0 Å². The van der Waals surface area contributed by atoms with Gasteiger partial charge in [-0.15, -0.1) is 11.3 Å². The first kappa shape index (κ1) is 21.4. The molecule has 0 unspecified atom stereocenters. The lowest BCUT2D eigenvalue weighted by Crippen LogP contribution is -2.50. The molecule has 1 amide bonds.